The number of hydrogen-bond acceptors (Lipinski definition) is 4. The average Bonchev–Trinajstić information content (AvgIpc) is 3.12. The van der Waals surface area contributed by atoms with Crippen LogP contribution in [-0.2, 0) is 26.0 Å². The first-order valence-electron chi connectivity index (χ1n) is 8.17. The lowest BCUT2D eigenvalue weighted by Gasteiger charge is -2.24. The van der Waals surface area contributed by atoms with Gasteiger partial charge < -0.3 is 10.4 Å². The maximum Gasteiger partial charge on any atom is 0.308 e. The van der Waals surface area contributed by atoms with Gasteiger partial charge in [0.15, 0.2) is 0 Å². The molecule has 1 aromatic carbocycles. The van der Waals surface area contributed by atoms with Crippen LogP contribution in [0.4, 0.5) is 10.1 Å². The molecule has 3 aliphatic rings. The molecule has 25 heavy (non-hydrogen) atoms. The highest BCUT2D eigenvalue weighted by molar-refractivity contribution is 7.89. The van der Waals surface area contributed by atoms with Crippen molar-refractivity contribution in [3.63, 3.8) is 0 Å². The van der Waals surface area contributed by atoms with Crippen molar-refractivity contribution >= 4 is 27.6 Å². The molecule has 3 unspecified atom stereocenters. The second-order valence-electron chi connectivity index (χ2n) is 6.80. The van der Waals surface area contributed by atoms with Crippen molar-refractivity contribution in [2.75, 3.05) is 5.32 Å². The third-order valence-corrected chi connectivity index (χ3v) is 7.39. The van der Waals surface area contributed by atoms with Gasteiger partial charge in [0.05, 0.1) is 5.92 Å². The number of carboxylic acids is 1. The van der Waals surface area contributed by atoms with Crippen LogP contribution in [-0.4, -0.2) is 41.8 Å². The summed E-state index contributed by atoms with van der Waals surface area (Å²) in [6, 6.07) is 1.28. The number of aryl methyl sites for hydroxylation is 1. The first-order chi connectivity index (χ1) is 11.8. The summed E-state index contributed by atoms with van der Waals surface area (Å²) in [7, 11) is -4.14. The second-order valence-corrected chi connectivity index (χ2v) is 8.61. The highest BCUT2D eigenvalue weighted by Gasteiger charge is 2.54. The Kier molecular flexibility index (Phi) is 3.62. The minimum Gasteiger partial charge on any atom is -0.481 e. The van der Waals surface area contributed by atoms with Gasteiger partial charge in [-0.15, -0.1) is 0 Å². The van der Waals surface area contributed by atoms with Crippen LogP contribution in [0.5, 0.6) is 0 Å². The number of halogens is 1. The molecular weight excluding hydrogens is 351 g/mol. The number of carbonyl (C=O) groups excluding carboxylic acids is 1. The number of rotatable bonds is 3. The maximum absolute atomic E-state index is 14.5. The van der Waals surface area contributed by atoms with Crippen molar-refractivity contribution in [2.24, 2.45) is 5.92 Å². The van der Waals surface area contributed by atoms with Gasteiger partial charge in [-0.1, -0.05) is 0 Å². The van der Waals surface area contributed by atoms with E-state index in [-0.39, 0.29) is 18.7 Å². The Labute approximate surface area is 143 Å². The maximum atomic E-state index is 14.5. The molecular formula is C16H17FN2O5S. The molecule has 2 bridgehead atoms. The summed E-state index contributed by atoms with van der Waals surface area (Å²) in [5, 5.41) is 11.8. The third-order valence-electron chi connectivity index (χ3n) is 5.40. The van der Waals surface area contributed by atoms with Crippen LogP contribution in [0.25, 0.3) is 0 Å². The number of hydrogen-bond donors (Lipinski definition) is 2. The van der Waals surface area contributed by atoms with Gasteiger partial charge in [0.2, 0.25) is 15.9 Å². The minimum atomic E-state index is -4.14. The van der Waals surface area contributed by atoms with E-state index in [2.05, 4.69) is 5.32 Å². The largest absolute Gasteiger partial charge is 0.481 e. The number of nitrogens with one attached hydrogen (secondary N) is 1. The van der Waals surface area contributed by atoms with Gasteiger partial charge >= 0.3 is 5.97 Å². The van der Waals surface area contributed by atoms with E-state index in [0.29, 0.717) is 30.5 Å². The monoisotopic (exact) mass is 368 g/mol. The van der Waals surface area contributed by atoms with Crippen LogP contribution < -0.4 is 5.32 Å². The molecule has 0 spiro atoms. The van der Waals surface area contributed by atoms with E-state index in [1.165, 1.54) is 10.4 Å². The minimum absolute atomic E-state index is 0.216. The van der Waals surface area contributed by atoms with Crippen LogP contribution in [0.1, 0.15) is 31.2 Å². The molecule has 0 aromatic heterocycles. The highest BCUT2D eigenvalue weighted by Crippen LogP contribution is 2.45. The molecule has 3 atom stereocenters. The van der Waals surface area contributed by atoms with E-state index in [0.717, 1.165) is 6.07 Å². The number of amides is 1. The Morgan fingerprint density at radius 3 is 2.72 bits per heavy atom. The SMILES string of the molecule is O=C1CCc2cc(S(=O)(=O)N3C4CCC3C(C(=O)O)C4)c(F)cc2N1. The lowest BCUT2D eigenvalue weighted by molar-refractivity contribution is -0.142. The molecule has 2 N–H and O–H groups in total. The Morgan fingerprint density at radius 2 is 2.04 bits per heavy atom. The number of nitrogens with zero attached hydrogens (tertiary/aromatic N) is 1. The summed E-state index contributed by atoms with van der Waals surface area (Å²) in [6.07, 6.45) is 1.89. The standard InChI is InChI=1S/C16H17FN2O5S/c17-11-7-12-8(1-4-15(20)18-12)5-14(11)25(23,24)19-9-2-3-13(19)10(6-9)16(21)22/h5,7,9-10,13H,1-4,6H2,(H,18,20)(H,21,22). The molecule has 3 aliphatic heterocycles. The predicted molar refractivity (Wildman–Crippen MR) is 84.9 cm³/mol. The second kappa shape index (κ2) is 5.50. The summed E-state index contributed by atoms with van der Waals surface area (Å²) >= 11 is 0. The zero-order chi connectivity index (χ0) is 17.9. The third kappa shape index (κ3) is 2.44. The number of carboxylic acid groups (broad SMARTS) is 1. The summed E-state index contributed by atoms with van der Waals surface area (Å²) in [4.78, 5) is 22.3. The van der Waals surface area contributed by atoms with E-state index in [4.69, 9.17) is 0 Å². The first-order valence-corrected chi connectivity index (χ1v) is 9.61. The number of sulfonamides is 1. The van der Waals surface area contributed by atoms with Crippen LogP contribution in [0.3, 0.4) is 0 Å². The molecule has 4 rings (SSSR count). The molecule has 2 fully saturated rings. The summed E-state index contributed by atoms with van der Waals surface area (Å²) in [5.41, 5.74) is 0.862. The zero-order valence-corrected chi connectivity index (χ0v) is 14.1. The molecule has 1 amide bonds. The summed E-state index contributed by atoms with van der Waals surface area (Å²) in [5.74, 6) is -2.92. The fraction of sp³-hybridized carbons (Fsp3) is 0.500. The number of fused-ring (bicyclic) bond motifs is 3. The average molecular weight is 368 g/mol. The number of anilines is 1. The predicted octanol–water partition coefficient (Wildman–Crippen LogP) is 1.34. The van der Waals surface area contributed by atoms with Gasteiger partial charge in [0.25, 0.3) is 0 Å². The molecule has 9 heteroatoms. The molecule has 0 saturated carbocycles. The van der Waals surface area contributed by atoms with E-state index in [9.17, 15) is 27.5 Å². The Morgan fingerprint density at radius 1 is 1.28 bits per heavy atom. The summed E-state index contributed by atoms with van der Waals surface area (Å²) < 4.78 is 41.8. The Balaban J connectivity index is 1.75. The molecule has 7 nitrogen and oxygen atoms in total. The van der Waals surface area contributed by atoms with Gasteiger partial charge in [-0.05, 0) is 43.4 Å². The van der Waals surface area contributed by atoms with E-state index >= 15 is 0 Å². The molecule has 2 saturated heterocycles. The van der Waals surface area contributed by atoms with Crippen LogP contribution in [0, 0.1) is 11.7 Å². The molecule has 0 radical (unpaired) electrons. The lowest BCUT2D eigenvalue weighted by atomic mass is 9.89. The Hall–Kier alpha value is -2.00. The molecule has 3 heterocycles. The molecule has 1 aromatic rings. The van der Waals surface area contributed by atoms with Crippen LogP contribution in [0.2, 0.25) is 0 Å². The quantitative estimate of drug-likeness (QED) is 0.838. The van der Waals surface area contributed by atoms with Crippen molar-refractivity contribution in [2.45, 2.75) is 49.1 Å². The van der Waals surface area contributed by atoms with Crippen LogP contribution >= 0.6 is 0 Å². The molecule has 0 aliphatic carbocycles. The normalized spacial score (nSPS) is 28.7. The number of carbonyl (C=O) groups is 2. The zero-order valence-electron chi connectivity index (χ0n) is 13.2. The van der Waals surface area contributed by atoms with Gasteiger partial charge in [0.1, 0.15) is 10.7 Å². The number of aliphatic carboxylic acids is 1. The van der Waals surface area contributed by atoms with Crippen molar-refractivity contribution in [3.05, 3.63) is 23.5 Å². The van der Waals surface area contributed by atoms with E-state index in [1.807, 2.05) is 0 Å². The van der Waals surface area contributed by atoms with Crippen molar-refractivity contribution < 1.29 is 27.5 Å². The fourth-order valence-corrected chi connectivity index (χ4v) is 6.29. The topological polar surface area (TPSA) is 104 Å². The van der Waals surface area contributed by atoms with E-state index in [1.54, 1.807) is 0 Å². The van der Waals surface area contributed by atoms with Crippen molar-refractivity contribution in [1.82, 2.24) is 4.31 Å². The number of benzene rings is 1. The highest BCUT2D eigenvalue weighted by atomic mass is 32.2. The van der Waals surface area contributed by atoms with Gasteiger partial charge in [-0.25, -0.2) is 12.8 Å². The van der Waals surface area contributed by atoms with Gasteiger partial charge in [-0.3, -0.25) is 9.59 Å². The van der Waals surface area contributed by atoms with Crippen molar-refractivity contribution in [3.8, 4) is 0 Å². The van der Waals surface area contributed by atoms with Gasteiger partial charge in [-0.2, -0.15) is 4.31 Å². The summed E-state index contributed by atoms with van der Waals surface area (Å²) in [6.45, 7) is 0. The van der Waals surface area contributed by atoms with Crippen molar-refractivity contribution in [1.29, 1.82) is 0 Å². The lowest BCUT2D eigenvalue weighted by Crippen LogP contribution is -2.38. The van der Waals surface area contributed by atoms with Gasteiger partial charge in [0, 0.05) is 24.2 Å². The van der Waals surface area contributed by atoms with E-state index < -0.39 is 44.7 Å². The fourth-order valence-electron chi connectivity index (χ4n) is 4.27. The Bertz CT molecular complexity index is 885. The first kappa shape index (κ1) is 16.5. The van der Waals surface area contributed by atoms with Crippen LogP contribution in [0.15, 0.2) is 17.0 Å². The smallest absolute Gasteiger partial charge is 0.308 e. The molecule has 134 valence electrons.